The maximum absolute atomic E-state index is 6.20. The maximum Gasteiger partial charge on any atom is 0.141 e. The molecule has 0 radical (unpaired) electrons. The Kier molecular flexibility index (Phi) is 4.30. The Bertz CT molecular complexity index is 354. The van der Waals surface area contributed by atoms with Gasteiger partial charge in [-0.25, -0.2) is 0 Å². The second-order valence-corrected chi connectivity index (χ2v) is 5.11. The molecule has 2 rings (SSSR count). The van der Waals surface area contributed by atoms with Crippen molar-refractivity contribution >= 4 is 11.6 Å². The lowest BCUT2D eigenvalue weighted by Gasteiger charge is -2.24. The number of benzene rings is 1. The molecule has 1 fully saturated rings. The van der Waals surface area contributed by atoms with E-state index in [4.69, 9.17) is 16.3 Å². The lowest BCUT2D eigenvalue weighted by molar-refractivity contribution is 0.138. The van der Waals surface area contributed by atoms with Gasteiger partial charge in [0.25, 0.3) is 0 Å². The number of aryl methyl sites for hydroxylation is 1. The van der Waals surface area contributed by atoms with E-state index >= 15 is 0 Å². The van der Waals surface area contributed by atoms with Crippen LogP contribution in [-0.4, -0.2) is 19.2 Å². The van der Waals surface area contributed by atoms with Gasteiger partial charge in [-0.1, -0.05) is 30.7 Å². The quantitative estimate of drug-likeness (QED) is 0.888. The van der Waals surface area contributed by atoms with E-state index in [1.54, 1.807) is 0 Å². The highest BCUT2D eigenvalue weighted by Gasteiger charge is 2.25. The molecular weight excluding hydrogens is 234 g/mol. The normalized spacial score (nSPS) is 21.5. The van der Waals surface area contributed by atoms with Crippen LogP contribution in [0.2, 0.25) is 5.02 Å². The molecule has 3 heteroatoms. The summed E-state index contributed by atoms with van der Waals surface area (Å²) < 4.78 is 6.14. The number of para-hydroxylation sites is 1. The van der Waals surface area contributed by atoms with Crippen LogP contribution in [0.3, 0.4) is 0 Å². The van der Waals surface area contributed by atoms with Crippen molar-refractivity contribution in [3.05, 3.63) is 28.8 Å². The molecule has 0 aromatic heterocycles. The third kappa shape index (κ3) is 2.93. The zero-order valence-electron chi connectivity index (χ0n) is 10.5. The van der Waals surface area contributed by atoms with Crippen molar-refractivity contribution in [2.45, 2.75) is 32.8 Å². The van der Waals surface area contributed by atoms with Crippen LogP contribution in [0.1, 0.15) is 25.3 Å². The molecule has 1 aliphatic heterocycles. The first-order valence-corrected chi connectivity index (χ1v) is 6.72. The average Bonchev–Trinajstić information content (AvgIpc) is 2.82. The predicted octanol–water partition coefficient (Wildman–Crippen LogP) is 3.42. The summed E-state index contributed by atoms with van der Waals surface area (Å²) in [5.74, 6) is 1.46. The number of halogens is 1. The van der Waals surface area contributed by atoms with Gasteiger partial charge >= 0.3 is 0 Å². The first-order valence-electron chi connectivity index (χ1n) is 6.35. The summed E-state index contributed by atoms with van der Waals surface area (Å²) in [6.07, 6.45) is 2.49. The summed E-state index contributed by atoms with van der Waals surface area (Å²) in [5.41, 5.74) is 1.11. The zero-order chi connectivity index (χ0) is 12.3. The van der Waals surface area contributed by atoms with Crippen molar-refractivity contribution in [3.63, 3.8) is 0 Å². The smallest absolute Gasteiger partial charge is 0.141 e. The molecule has 0 saturated carbocycles. The molecule has 2 nitrogen and oxygen atoms in total. The number of rotatable bonds is 4. The van der Waals surface area contributed by atoms with Gasteiger partial charge in [-0.05, 0) is 37.9 Å². The van der Waals surface area contributed by atoms with Crippen LogP contribution in [0.5, 0.6) is 5.75 Å². The van der Waals surface area contributed by atoms with Gasteiger partial charge in [-0.15, -0.1) is 0 Å². The lowest BCUT2D eigenvalue weighted by Crippen LogP contribution is -2.28. The number of hydrogen-bond acceptors (Lipinski definition) is 2. The first-order chi connectivity index (χ1) is 8.22. The maximum atomic E-state index is 6.20. The van der Waals surface area contributed by atoms with Crippen LogP contribution < -0.4 is 10.1 Å². The Morgan fingerprint density at radius 2 is 2.35 bits per heavy atom. The Hall–Kier alpha value is -0.730. The van der Waals surface area contributed by atoms with Gasteiger partial charge in [0.15, 0.2) is 0 Å². The molecule has 1 N–H and O–H groups in total. The highest BCUT2D eigenvalue weighted by Crippen LogP contribution is 2.31. The molecule has 0 bridgehead atoms. The van der Waals surface area contributed by atoms with Crippen LogP contribution in [0, 0.1) is 12.8 Å². The van der Waals surface area contributed by atoms with E-state index < -0.39 is 0 Å². The van der Waals surface area contributed by atoms with Crippen LogP contribution in [-0.2, 0) is 0 Å². The van der Waals surface area contributed by atoms with Gasteiger partial charge in [0.05, 0.1) is 5.02 Å². The molecule has 1 aromatic rings. The van der Waals surface area contributed by atoms with Crippen LogP contribution in [0.15, 0.2) is 18.2 Å². The minimum atomic E-state index is 0.267. The van der Waals surface area contributed by atoms with Crippen molar-refractivity contribution in [1.82, 2.24) is 5.32 Å². The average molecular weight is 254 g/mol. The molecule has 1 aromatic carbocycles. The Balaban J connectivity index is 2.12. The summed E-state index contributed by atoms with van der Waals surface area (Å²) >= 11 is 6.20. The fourth-order valence-corrected chi connectivity index (χ4v) is 2.69. The standard InChI is InChI=1S/C14H20ClNO/c1-3-13(11-7-8-16-9-11)17-14-10(2)5-4-6-12(14)15/h4-6,11,13,16H,3,7-9H2,1-2H3/t11-,13-/m0/s1. The molecule has 2 atom stereocenters. The highest BCUT2D eigenvalue weighted by molar-refractivity contribution is 6.32. The van der Waals surface area contributed by atoms with E-state index in [0.717, 1.165) is 35.8 Å². The fourth-order valence-electron chi connectivity index (χ4n) is 2.42. The van der Waals surface area contributed by atoms with E-state index in [1.807, 2.05) is 25.1 Å². The van der Waals surface area contributed by atoms with Crippen LogP contribution in [0.4, 0.5) is 0 Å². The summed E-state index contributed by atoms with van der Waals surface area (Å²) in [6, 6.07) is 5.90. The van der Waals surface area contributed by atoms with E-state index in [-0.39, 0.29) is 6.10 Å². The monoisotopic (exact) mass is 253 g/mol. The van der Waals surface area contributed by atoms with E-state index in [1.165, 1.54) is 6.42 Å². The molecule has 1 saturated heterocycles. The Labute approximate surface area is 108 Å². The third-order valence-electron chi connectivity index (χ3n) is 3.46. The third-order valence-corrected chi connectivity index (χ3v) is 3.76. The molecule has 0 aliphatic carbocycles. The Morgan fingerprint density at radius 3 is 2.94 bits per heavy atom. The minimum absolute atomic E-state index is 0.267. The topological polar surface area (TPSA) is 21.3 Å². The van der Waals surface area contributed by atoms with E-state index in [9.17, 15) is 0 Å². The summed E-state index contributed by atoms with van der Waals surface area (Å²) in [4.78, 5) is 0. The molecule has 0 unspecified atom stereocenters. The van der Waals surface area contributed by atoms with Crippen LogP contribution in [0.25, 0.3) is 0 Å². The van der Waals surface area contributed by atoms with Gasteiger partial charge in [-0.3, -0.25) is 0 Å². The Morgan fingerprint density at radius 1 is 1.53 bits per heavy atom. The predicted molar refractivity (Wildman–Crippen MR) is 71.9 cm³/mol. The lowest BCUT2D eigenvalue weighted by atomic mass is 9.99. The summed E-state index contributed by atoms with van der Waals surface area (Å²) in [5, 5.41) is 4.11. The second-order valence-electron chi connectivity index (χ2n) is 4.70. The number of nitrogens with one attached hydrogen (secondary N) is 1. The summed E-state index contributed by atoms with van der Waals surface area (Å²) in [6.45, 7) is 6.38. The molecule has 1 heterocycles. The fraction of sp³-hybridized carbons (Fsp3) is 0.571. The number of ether oxygens (including phenoxy) is 1. The van der Waals surface area contributed by atoms with Gasteiger partial charge < -0.3 is 10.1 Å². The largest absolute Gasteiger partial charge is 0.488 e. The zero-order valence-corrected chi connectivity index (χ0v) is 11.3. The van der Waals surface area contributed by atoms with Gasteiger partial charge in [0.1, 0.15) is 11.9 Å². The van der Waals surface area contributed by atoms with Crippen molar-refractivity contribution in [1.29, 1.82) is 0 Å². The van der Waals surface area contributed by atoms with Gasteiger partial charge in [-0.2, -0.15) is 0 Å². The highest BCUT2D eigenvalue weighted by atomic mass is 35.5. The van der Waals surface area contributed by atoms with Crippen LogP contribution >= 0.6 is 11.6 Å². The molecule has 1 aliphatic rings. The molecular formula is C14H20ClNO. The van der Waals surface area contributed by atoms with Crippen molar-refractivity contribution in [3.8, 4) is 5.75 Å². The van der Waals surface area contributed by atoms with E-state index in [2.05, 4.69) is 12.2 Å². The molecule has 0 amide bonds. The van der Waals surface area contributed by atoms with Crippen molar-refractivity contribution in [2.75, 3.05) is 13.1 Å². The molecule has 94 valence electrons. The SMILES string of the molecule is CC[C@H](Oc1c(C)cccc1Cl)[C@H]1CCNC1. The van der Waals surface area contributed by atoms with Crippen molar-refractivity contribution < 1.29 is 4.74 Å². The van der Waals surface area contributed by atoms with Crippen molar-refractivity contribution in [2.24, 2.45) is 5.92 Å². The van der Waals surface area contributed by atoms with E-state index in [0.29, 0.717) is 5.92 Å². The number of hydrogen-bond donors (Lipinski definition) is 1. The van der Waals surface area contributed by atoms with Gasteiger partial charge in [0, 0.05) is 12.5 Å². The molecule has 17 heavy (non-hydrogen) atoms. The first kappa shape index (κ1) is 12.7. The second kappa shape index (κ2) is 5.74. The minimum Gasteiger partial charge on any atom is -0.488 e. The van der Waals surface area contributed by atoms with Gasteiger partial charge in [0.2, 0.25) is 0 Å². The molecule has 0 spiro atoms. The summed E-state index contributed by atoms with van der Waals surface area (Å²) in [7, 11) is 0.